The average Bonchev–Trinajstić information content (AvgIpc) is 3.00. The molecule has 106 valence electrons. The fourth-order valence-electron chi connectivity index (χ4n) is 2.53. The van der Waals surface area contributed by atoms with Crippen molar-refractivity contribution in [3.63, 3.8) is 0 Å². The van der Waals surface area contributed by atoms with Gasteiger partial charge in [-0.3, -0.25) is 4.90 Å². The first-order valence-corrected chi connectivity index (χ1v) is 6.77. The third-order valence-electron chi connectivity index (χ3n) is 3.57. The average molecular weight is 278 g/mol. The molecule has 1 fully saturated rings. The summed E-state index contributed by atoms with van der Waals surface area (Å²) in [7, 11) is 0. The highest BCUT2D eigenvalue weighted by Crippen LogP contribution is 2.25. The van der Waals surface area contributed by atoms with Crippen LogP contribution in [-0.4, -0.2) is 23.0 Å². The van der Waals surface area contributed by atoms with Crippen LogP contribution in [0.4, 0.5) is 8.78 Å². The Labute approximate surface area is 116 Å². The number of hydrogen-bond donors (Lipinski definition) is 0. The number of rotatable bonds is 3. The largest absolute Gasteiger partial charge is 0.441 e. The van der Waals surface area contributed by atoms with E-state index in [9.17, 15) is 8.78 Å². The van der Waals surface area contributed by atoms with Crippen LogP contribution in [0.2, 0.25) is 0 Å². The highest BCUT2D eigenvalue weighted by Gasteiger charge is 2.18. The van der Waals surface area contributed by atoms with Crippen molar-refractivity contribution >= 4 is 0 Å². The number of aromatic nitrogens is 1. The summed E-state index contributed by atoms with van der Waals surface area (Å²) >= 11 is 0. The van der Waals surface area contributed by atoms with Gasteiger partial charge >= 0.3 is 0 Å². The van der Waals surface area contributed by atoms with Crippen molar-refractivity contribution in [2.75, 3.05) is 13.1 Å². The normalized spacial score (nSPS) is 15.9. The van der Waals surface area contributed by atoms with Crippen molar-refractivity contribution in [2.24, 2.45) is 0 Å². The Morgan fingerprint density at radius 3 is 2.45 bits per heavy atom. The van der Waals surface area contributed by atoms with Crippen molar-refractivity contribution in [3.8, 4) is 11.5 Å². The summed E-state index contributed by atoms with van der Waals surface area (Å²) in [5.41, 5.74) is 1.17. The summed E-state index contributed by atoms with van der Waals surface area (Å²) in [6.07, 6.45) is 2.41. The van der Waals surface area contributed by atoms with Crippen LogP contribution in [-0.2, 0) is 6.54 Å². The quantitative estimate of drug-likeness (QED) is 0.860. The lowest BCUT2D eigenvalue weighted by Gasteiger charge is -2.12. The second-order valence-electron chi connectivity index (χ2n) is 5.16. The number of nitrogens with zero attached hydrogens (tertiary/aromatic N) is 2. The molecular formula is C15H16F2N2O. The highest BCUT2D eigenvalue weighted by molar-refractivity contribution is 5.53. The van der Waals surface area contributed by atoms with Crippen molar-refractivity contribution in [2.45, 2.75) is 26.3 Å². The van der Waals surface area contributed by atoms with Crippen LogP contribution in [0.3, 0.4) is 0 Å². The molecule has 0 atom stereocenters. The van der Waals surface area contributed by atoms with Gasteiger partial charge in [0.2, 0.25) is 5.89 Å². The number of hydrogen-bond acceptors (Lipinski definition) is 3. The van der Waals surface area contributed by atoms with Crippen LogP contribution in [0.15, 0.2) is 22.6 Å². The van der Waals surface area contributed by atoms with E-state index in [1.165, 1.54) is 25.0 Å². The van der Waals surface area contributed by atoms with Crippen LogP contribution >= 0.6 is 0 Å². The number of halogens is 2. The van der Waals surface area contributed by atoms with E-state index in [0.717, 1.165) is 31.4 Å². The Kier molecular flexibility index (Phi) is 3.53. The molecule has 0 aliphatic carbocycles. The maximum Gasteiger partial charge on any atom is 0.226 e. The standard InChI is InChI=1S/C15H16F2N2O/c1-10-14(9-19-4-2-3-5-19)18-15(20-10)11-6-12(16)8-13(17)7-11/h6-8H,2-5,9H2,1H3. The Morgan fingerprint density at radius 1 is 1.15 bits per heavy atom. The molecule has 0 amide bonds. The van der Waals surface area contributed by atoms with Crippen molar-refractivity contribution < 1.29 is 13.2 Å². The minimum absolute atomic E-state index is 0.273. The third-order valence-corrected chi connectivity index (χ3v) is 3.57. The number of aryl methyl sites for hydroxylation is 1. The predicted molar refractivity (Wildman–Crippen MR) is 71.1 cm³/mol. The molecule has 3 rings (SSSR count). The van der Waals surface area contributed by atoms with Gasteiger partial charge in [-0.1, -0.05) is 0 Å². The molecule has 0 saturated carbocycles. The molecule has 0 radical (unpaired) electrons. The molecule has 0 bridgehead atoms. The van der Waals surface area contributed by atoms with Gasteiger partial charge in [0.15, 0.2) is 0 Å². The molecule has 1 aliphatic heterocycles. The van der Waals surface area contributed by atoms with E-state index >= 15 is 0 Å². The van der Waals surface area contributed by atoms with E-state index in [2.05, 4.69) is 9.88 Å². The molecule has 1 aromatic heterocycles. The first kappa shape index (κ1) is 13.2. The van der Waals surface area contributed by atoms with Gasteiger partial charge in [-0.05, 0) is 45.0 Å². The third kappa shape index (κ3) is 2.72. The van der Waals surface area contributed by atoms with Gasteiger partial charge in [0.1, 0.15) is 17.4 Å². The van der Waals surface area contributed by atoms with Crippen LogP contribution in [0.1, 0.15) is 24.3 Å². The molecule has 2 aromatic rings. The summed E-state index contributed by atoms with van der Waals surface area (Å²) in [4.78, 5) is 6.69. The summed E-state index contributed by atoms with van der Waals surface area (Å²) in [5, 5.41) is 0. The SMILES string of the molecule is Cc1oc(-c2cc(F)cc(F)c2)nc1CN1CCCC1. The van der Waals surface area contributed by atoms with Gasteiger partial charge in [0.05, 0.1) is 5.69 Å². The first-order valence-electron chi connectivity index (χ1n) is 6.77. The van der Waals surface area contributed by atoms with Crippen LogP contribution in [0.5, 0.6) is 0 Å². The summed E-state index contributed by atoms with van der Waals surface area (Å²) in [5.74, 6) is -0.277. The second kappa shape index (κ2) is 5.32. The van der Waals surface area contributed by atoms with Gasteiger partial charge in [-0.25, -0.2) is 13.8 Å². The smallest absolute Gasteiger partial charge is 0.226 e. The predicted octanol–water partition coefficient (Wildman–Crippen LogP) is 3.52. The monoisotopic (exact) mass is 278 g/mol. The molecule has 3 nitrogen and oxygen atoms in total. The van der Waals surface area contributed by atoms with E-state index in [0.29, 0.717) is 11.3 Å². The molecule has 0 spiro atoms. The van der Waals surface area contributed by atoms with E-state index in [-0.39, 0.29) is 5.89 Å². The van der Waals surface area contributed by atoms with Gasteiger partial charge in [-0.15, -0.1) is 0 Å². The summed E-state index contributed by atoms with van der Waals surface area (Å²) in [6, 6.07) is 3.30. The van der Waals surface area contributed by atoms with E-state index in [1.807, 2.05) is 6.92 Å². The Bertz CT molecular complexity index is 598. The Hall–Kier alpha value is -1.75. The second-order valence-corrected chi connectivity index (χ2v) is 5.16. The minimum Gasteiger partial charge on any atom is -0.441 e. The summed E-state index contributed by atoms with van der Waals surface area (Å²) in [6.45, 7) is 4.69. The Morgan fingerprint density at radius 2 is 1.80 bits per heavy atom. The molecule has 1 aromatic carbocycles. The number of likely N-dealkylation sites (tertiary alicyclic amines) is 1. The van der Waals surface area contributed by atoms with E-state index in [4.69, 9.17) is 4.42 Å². The number of oxazole rings is 1. The van der Waals surface area contributed by atoms with Gasteiger partial charge in [-0.2, -0.15) is 0 Å². The molecule has 1 saturated heterocycles. The van der Waals surface area contributed by atoms with Crippen molar-refractivity contribution in [1.29, 1.82) is 0 Å². The molecule has 0 N–H and O–H groups in total. The van der Waals surface area contributed by atoms with E-state index < -0.39 is 11.6 Å². The van der Waals surface area contributed by atoms with Gasteiger partial charge < -0.3 is 4.42 Å². The van der Waals surface area contributed by atoms with Gasteiger partial charge in [0.25, 0.3) is 0 Å². The molecule has 2 heterocycles. The van der Waals surface area contributed by atoms with Crippen LogP contribution < -0.4 is 0 Å². The lowest BCUT2D eigenvalue weighted by atomic mass is 10.2. The summed E-state index contributed by atoms with van der Waals surface area (Å²) < 4.78 is 32.0. The lowest BCUT2D eigenvalue weighted by Crippen LogP contribution is -2.19. The maximum atomic E-state index is 13.2. The van der Waals surface area contributed by atoms with E-state index in [1.54, 1.807) is 0 Å². The molecule has 20 heavy (non-hydrogen) atoms. The number of benzene rings is 1. The lowest BCUT2D eigenvalue weighted by molar-refractivity contribution is 0.325. The van der Waals surface area contributed by atoms with Crippen molar-refractivity contribution in [1.82, 2.24) is 9.88 Å². The molecule has 1 aliphatic rings. The van der Waals surface area contributed by atoms with Crippen LogP contribution in [0.25, 0.3) is 11.5 Å². The highest BCUT2D eigenvalue weighted by atomic mass is 19.1. The first-order chi connectivity index (χ1) is 9.61. The maximum absolute atomic E-state index is 13.2. The zero-order chi connectivity index (χ0) is 14.1. The fourth-order valence-corrected chi connectivity index (χ4v) is 2.53. The zero-order valence-electron chi connectivity index (χ0n) is 11.3. The van der Waals surface area contributed by atoms with Gasteiger partial charge in [0, 0.05) is 18.2 Å². The molecular weight excluding hydrogens is 262 g/mol. The van der Waals surface area contributed by atoms with Crippen molar-refractivity contribution in [3.05, 3.63) is 41.3 Å². The minimum atomic E-state index is -0.628. The topological polar surface area (TPSA) is 29.3 Å². The Balaban J connectivity index is 1.87. The molecule has 0 unspecified atom stereocenters. The zero-order valence-corrected chi connectivity index (χ0v) is 11.3. The van der Waals surface area contributed by atoms with Crippen LogP contribution in [0, 0.1) is 18.6 Å². The molecule has 5 heteroatoms. The fraction of sp³-hybridized carbons (Fsp3) is 0.400.